The average molecular weight is 309 g/mol. The number of para-hydroxylation sites is 2. The van der Waals surface area contributed by atoms with Gasteiger partial charge >= 0.3 is 6.09 Å². The molecule has 4 nitrogen and oxygen atoms in total. The Morgan fingerprint density at radius 3 is 2.52 bits per heavy atom. The van der Waals surface area contributed by atoms with Gasteiger partial charge in [0.15, 0.2) is 0 Å². The van der Waals surface area contributed by atoms with Crippen LogP contribution in [0.5, 0.6) is 5.75 Å². The van der Waals surface area contributed by atoms with E-state index < -0.39 is 6.09 Å². The number of nitrogens with zero attached hydrogens (tertiary/aromatic N) is 1. The summed E-state index contributed by atoms with van der Waals surface area (Å²) >= 11 is 0. The van der Waals surface area contributed by atoms with Gasteiger partial charge < -0.3 is 9.47 Å². The number of amides is 1. The van der Waals surface area contributed by atoms with Crippen molar-refractivity contribution in [1.82, 2.24) is 0 Å². The van der Waals surface area contributed by atoms with Crippen molar-refractivity contribution < 1.29 is 14.3 Å². The lowest BCUT2D eigenvalue weighted by Gasteiger charge is -2.33. The van der Waals surface area contributed by atoms with Gasteiger partial charge in [0.1, 0.15) is 11.5 Å². The molecule has 118 valence electrons. The third-order valence-corrected chi connectivity index (χ3v) is 3.67. The van der Waals surface area contributed by atoms with Crippen molar-refractivity contribution in [1.29, 1.82) is 0 Å². The van der Waals surface area contributed by atoms with Crippen LogP contribution < -0.4 is 9.64 Å². The van der Waals surface area contributed by atoms with E-state index in [2.05, 4.69) is 0 Å². The van der Waals surface area contributed by atoms with Crippen molar-refractivity contribution in [2.45, 2.75) is 19.9 Å². The molecule has 0 fully saturated rings. The Balaban J connectivity index is 1.92. The number of hydrogen-bond donors (Lipinski definition) is 0. The summed E-state index contributed by atoms with van der Waals surface area (Å²) in [4.78, 5) is 14.3. The lowest BCUT2D eigenvalue weighted by molar-refractivity contribution is 0.206. The second-order valence-electron chi connectivity index (χ2n) is 5.27. The highest BCUT2D eigenvalue weighted by Gasteiger charge is 2.30. The number of carbonyl (C=O) groups is 1. The molecule has 1 unspecified atom stereocenters. The van der Waals surface area contributed by atoms with Crippen LogP contribution in [0.1, 0.15) is 19.4 Å². The molecule has 2 aromatic rings. The second-order valence-corrected chi connectivity index (χ2v) is 5.27. The van der Waals surface area contributed by atoms with Gasteiger partial charge in [-0.1, -0.05) is 30.3 Å². The molecular formula is C19H19NO3. The Kier molecular flexibility index (Phi) is 4.33. The Morgan fingerprint density at radius 2 is 1.78 bits per heavy atom. The summed E-state index contributed by atoms with van der Waals surface area (Å²) in [5.41, 5.74) is 1.70. The quantitative estimate of drug-likeness (QED) is 0.839. The van der Waals surface area contributed by atoms with Crippen LogP contribution in [-0.2, 0) is 4.74 Å². The zero-order valence-electron chi connectivity index (χ0n) is 13.2. The summed E-state index contributed by atoms with van der Waals surface area (Å²) in [5, 5.41) is 0. The normalized spacial score (nSPS) is 16.3. The Morgan fingerprint density at radius 1 is 1.09 bits per heavy atom. The van der Waals surface area contributed by atoms with E-state index in [1.807, 2.05) is 62.4 Å². The molecule has 1 atom stereocenters. The van der Waals surface area contributed by atoms with Crippen molar-refractivity contribution in [3.8, 4) is 5.75 Å². The van der Waals surface area contributed by atoms with E-state index in [-0.39, 0.29) is 6.04 Å². The van der Waals surface area contributed by atoms with Crippen LogP contribution in [0.25, 0.3) is 5.76 Å². The highest BCUT2D eigenvalue weighted by molar-refractivity contribution is 5.95. The molecule has 0 N–H and O–H groups in total. The Bertz CT molecular complexity index is 724. The lowest BCUT2D eigenvalue weighted by Crippen LogP contribution is -2.42. The number of anilines is 1. The van der Waals surface area contributed by atoms with Crippen LogP contribution in [0.15, 0.2) is 60.7 Å². The minimum Gasteiger partial charge on any atom is -0.493 e. The van der Waals surface area contributed by atoms with Gasteiger partial charge in [-0.25, -0.2) is 4.79 Å². The fraction of sp³-hybridized carbons (Fsp3) is 0.211. The zero-order valence-corrected chi connectivity index (χ0v) is 13.2. The molecule has 23 heavy (non-hydrogen) atoms. The van der Waals surface area contributed by atoms with Crippen LogP contribution >= 0.6 is 0 Å². The third kappa shape index (κ3) is 3.06. The minimum atomic E-state index is -0.400. The van der Waals surface area contributed by atoms with Crippen LogP contribution in [0.2, 0.25) is 0 Å². The fourth-order valence-corrected chi connectivity index (χ4v) is 2.68. The molecule has 1 aliphatic heterocycles. The molecular weight excluding hydrogens is 290 g/mol. The monoisotopic (exact) mass is 309 g/mol. The fourth-order valence-electron chi connectivity index (χ4n) is 2.68. The van der Waals surface area contributed by atoms with Crippen molar-refractivity contribution >= 4 is 17.5 Å². The van der Waals surface area contributed by atoms with E-state index in [1.165, 1.54) is 0 Å². The average Bonchev–Trinajstić information content (AvgIpc) is 2.56. The molecule has 0 spiro atoms. The highest BCUT2D eigenvalue weighted by Crippen LogP contribution is 2.35. The predicted octanol–water partition coefficient (Wildman–Crippen LogP) is 4.47. The number of hydrogen-bond acceptors (Lipinski definition) is 3. The topological polar surface area (TPSA) is 38.8 Å². The SMILES string of the molecule is CCOC1=CC(C)N(C(=O)Oc2ccccc2)c2ccccc21. The molecule has 0 saturated carbocycles. The van der Waals surface area contributed by atoms with Gasteiger partial charge in [-0.05, 0) is 44.2 Å². The summed E-state index contributed by atoms with van der Waals surface area (Å²) in [6.07, 6.45) is 1.54. The molecule has 0 radical (unpaired) electrons. The van der Waals surface area contributed by atoms with Crippen LogP contribution in [0.4, 0.5) is 10.5 Å². The van der Waals surface area contributed by atoms with E-state index in [0.717, 1.165) is 17.0 Å². The summed E-state index contributed by atoms with van der Waals surface area (Å²) in [6, 6.07) is 16.6. The molecule has 2 aromatic carbocycles. The number of benzene rings is 2. The molecule has 0 bridgehead atoms. The largest absolute Gasteiger partial charge is 0.493 e. The molecule has 0 saturated heterocycles. The molecule has 1 heterocycles. The molecule has 1 aliphatic rings. The van der Waals surface area contributed by atoms with Crippen molar-refractivity contribution in [3.05, 3.63) is 66.2 Å². The summed E-state index contributed by atoms with van der Waals surface area (Å²) < 4.78 is 11.2. The molecule has 4 heteroatoms. The van der Waals surface area contributed by atoms with Gasteiger partial charge in [0, 0.05) is 5.56 Å². The first kappa shape index (κ1) is 15.2. The van der Waals surface area contributed by atoms with Gasteiger partial charge in [-0.2, -0.15) is 0 Å². The standard InChI is InChI=1S/C19H19NO3/c1-3-22-18-13-14(2)20(17-12-8-7-11-16(17)18)19(21)23-15-9-5-4-6-10-15/h4-14H,3H2,1-2H3. The first-order valence-corrected chi connectivity index (χ1v) is 7.71. The van der Waals surface area contributed by atoms with Crippen molar-refractivity contribution in [3.63, 3.8) is 0 Å². The Labute approximate surface area is 135 Å². The number of carbonyl (C=O) groups excluding carboxylic acids is 1. The van der Waals surface area contributed by atoms with Gasteiger partial charge in [-0.3, -0.25) is 4.90 Å². The van der Waals surface area contributed by atoms with E-state index in [1.54, 1.807) is 17.0 Å². The zero-order chi connectivity index (χ0) is 16.2. The number of fused-ring (bicyclic) bond motifs is 1. The summed E-state index contributed by atoms with van der Waals surface area (Å²) in [6.45, 7) is 4.48. The van der Waals surface area contributed by atoms with Gasteiger partial charge in [0.05, 0.1) is 18.3 Å². The molecule has 0 aromatic heterocycles. The first-order valence-electron chi connectivity index (χ1n) is 7.71. The predicted molar refractivity (Wildman–Crippen MR) is 90.5 cm³/mol. The van der Waals surface area contributed by atoms with Crippen LogP contribution in [0, 0.1) is 0 Å². The summed E-state index contributed by atoms with van der Waals surface area (Å²) in [5.74, 6) is 1.33. The van der Waals surface area contributed by atoms with Crippen LogP contribution in [0.3, 0.4) is 0 Å². The van der Waals surface area contributed by atoms with Crippen molar-refractivity contribution in [2.24, 2.45) is 0 Å². The van der Waals surface area contributed by atoms with E-state index in [0.29, 0.717) is 12.4 Å². The number of rotatable bonds is 3. The van der Waals surface area contributed by atoms with E-state index >= 15 is 0 Å². The third-order valence-electron chi connectivity index (χ3n) is 3.67. The summed E-state index contributed by atoms with van der Waals surface area (Å²) in [7, 11) is 0. The number of ether oxygens (including phenoxy) is 2. The van der Waals surface area contributed by atoms with Gasteiger partial charge in [-0.15, -0.1) is 0 Å². The maximum Gasteiger partial charge on any atom is 0.420 e. The maximum atomic E-state index is 12.6. The molecule has 0 aliphatic carbocycles. The molecule has 1 amide bonds. The van der Waals surface area contributed by atoms with Gasteiger partial charge in [0.25, 0.3) is 0 Å². The minimum absolute atomic E-state index is 0.150. The maximum absolute atomic E-state index is 12.6. The Hall–Kier alpha value is -2.75. The second kappa shape index (κ2) is 6.57. The smallest absolute Gasteiger partial charge is 0.420 e. The highest BCUT2D eigenvalue weighted by atomic mass is 16.6. The van der Waals surface area contributed by atoms with Crippen LogP contribution in [-0.4, -0.2) is 18.7 Å². The first-order chi connectivity index (χ1) is 11.2. The van der Waals surface area contributed by atoms with Crippen molar-refractivity contribution in [2.75, 3.05) is 11.5 Å². The van der Waals surface area contributed by atoms with Gasteiger partial charge in [0.2, 0.25) is 0 Å². The van der Waals surface area contributed by atoms with E-state index in [9.17, 15) is 4.79 Å². The lowest BCUT2D eigenvalue weighted by atomic mass is 10.0. The van der Waals surface area contributed by atoms with E-state index in [4.69, 9.17) is 9.47 Å². The molecule has 3 rings (SSSR count).